The molecule has 2 heterocycles. The van der Waals surface area contributed by atoms with E-state index in [1.54, 1.807) is 13.2 Å². The fourth-order valence-corrected chi connectivity index (χ4v) is 3.91. The molecule has 0 amide bonds. The minimum atomic E-state index is -2.92. The van der Waals surface area contributed by atoms with E-state index in [2.05, 4.69) is 25.9 Å². The van der Waals surface area contributed by atoms with E-state index in [-0.39, 0.29) is 32.8 Å². The monoisotopic (exact) mass is 457 g/mol. The van der Waals surface area contributed by atoms with Gasteiger partial charge in [0.15, 0.2) is 16.8 Å². The third-order valence-electron chi connectivity index (χ3n) is 4.18. The molecule has 3 nitrogen and oxygen atoms in total. The predicted octanol–water partition coefficient (Wildman–Crippen LogP) is 5.67. The van der Waals surface area contributed by atoms with E-state index in [0.717, 1.165) is 11.8 Å². The second-order valence-electron chi connectivity index (χ2n) is 5.76. The van der Waals surface area contributed by atoms with Gasteiger partial charge in [-0.1, -0.05) is 30.3 Å². The molecule has 2 aromatic rings. The Balaban J connectivity index is 2.34. The number of hydrogen-bond donors (Lipinski definition) is 0. The summed E-state index contributed by atoms with van der Waals surface area (Å²) in [4.78, 5) is 9.54. The minimum absolute atomic E-state index is 0.0517. The number of fused-ring (bicyclic) bond motifs is 1. The van der Waals surface area contributed by atoms with Gasteiger partial charge in [0.1, 0.15) is 11.3 Å². The van der Waals surface area contributed by atoms with Crippen molar-refractivity contribution in [3.63, 3.8) is 0 Å². The van der Waals surface area contributed by atoms with Gasteiger partial charge in [-0.25, -0.2) is 27.5 Å². The standard InChI is InChI=1S/C15H13BrClF4N3S/c1-3-6-4-15(20,21)5-24(6)13-7-10(18)9(17)8(16)11(19)12(7)22-14(23-13)25-2/h6H,3-5H2,1-2H3/t6-/m1/s1. The first-order valence-corrected chi connectivity index (χ1v) is 9.82. The van der Waals surface area contributed by atoms with Crippen LogP contribution < -0.4 is 4.90 Å². The second-order valence-corrected chi connectivity index (χ2v) is 7.71. The molecule has 1 saturated heterocycles. The Morgan fingerprint density at radius 2 is 2.00 bits per heavy atom. The third-order valence-corrected chi connectivity index (χ3v) is 6.05. The summed E-state index contributed by atoms with van der Waals surface area (Å²) in [6, 6.07) is -0.535. The number of alkyl halides is 2. The molecule has 1 aromatic carbocycles. The third kappa shape index (κ3) is 3.19. The first kappa shape index (κ1) is 19.0. The van der Waals surface area contributed by atoms with E-state index in [4.69, 9.17) is 11.6 Å². The van der Waals surface area contributed by atoms with Gasteiger partial charge in [0.05, 0.1) is 21.4 Å². The molecule has 0 radical (unpaired) electrons. The maximum atomic E-state index is 14.8. The van der Waals surface area contributed by atoms with E-state index >= 15 is 0 Å². The largest absolute Gasteiger partial charge is 0.347 e. The lowest BCUT2D eigenvalue weighted by molar-refractivity contribution is 0.0222. The maximum Gasteiger partial charge on any atom is 0.267 e. The van der Waals surface area contributed by atoms with Crippen LogP contribution in [0.2, 0.25) is 5.02 Å². The van der Waals surface area contributed by atoms with Crippen molar-refractivity contribution >= 4 is 56.0 Å². The average molecular weight is 459 g/mol. The zero-order valence-corrected chi connectivity index (χ0v) is 16.4. The maximum absolute atomic E-state index is 14.8. The SMILES string of the molecule is CC[C@@H]1CC(F)(F)CN1c1nc(SC)nc2c(F)c(Br)c(Cl)c(F)c12. The van der Waals surface area contributed by atoms with Gasteiger partial charge >= 0.3 is 0 Å². The van der Waals surface area contributed by atoms with Crippen LogP contribution in [0.15, 0.2) is 9.63 Å². The van der Waals surface area contributed by atoms with Gasteiger partial charge in [-0.2, -0.15) is 0 Å². The van der Waals surface area contributed by atoms with Crippen molar-refractivity contribution in [3.05, 3.63) is 21.1 Å². The number of benzene rings is 1. The quantitative estimate of drug-likeness (QED) is 0.195. The number of aromatic nitrogens is 2. The van der Waals surface area contributed by atoms with Gasteiger partial charge in [-0.3, -0.25) is 0 Å². The van der Waals surface area contributed by atoms with Crippen LogP contribution in [0.1, 0.15) is 19.8 Å². The van der Waals surface area contributed by atoms with Crippen LogP contribution in [0.3, 0.4) is 0 Å². The second kappa shape index (κ2) is 6.74. The Bertz CT molecular complexity index is 852. The molecule has 0 unspecified atom stereocenters. The van der Waals surface area contributed by atoms with E-state index in [1.807, 2.05) is 0 Å². The summed E-state index contributed by atoms with van der Waals surface area (Å²) in [7, 11) is 0. The van der Waals surface area contributed by atoms with Crippen LogP contribution in [0.4, 0.5) is 23.4 Å². The van der Waals surface area contributed by atoms with Crippen LogP contribution >= 0.6 is 39.3 Å². The number of halogens is 6. The number of thioether (sulfide) groups is 1. The minimum Gasteiger partial charge on any atom is -0.347 e. The van der Waals surface area contributed by atoms with Gasteiger partial charge < -0.3 is 4.90 Å². The van der Waals surface area contributed by atoms with E-state index in [0.29, 0.717) is 6.42 Å². The molecule has 0 saturated carbocycles. The summed E-state index contributed by atoms with van der Waals surface area (Å²) in [6.45, 7) is 1.15. The molecule has 25 heavy (non-hydrogen) atoms. The lowest BCUT2D eigenvalue weighted by Crippen LogP contribution is -2.31. The zero-order valence-electron chi connectivity index (χ0n) is 13.2. The molecule has 3 rings (SSSR count). The number of nitrogens with zero attached hydrogens (tertiary/aromatic N) is 3. The molecular formula is C15H13BrClF4N3S. The van der Waals surface area contributed by atoms with E-state index in [1.165, 1.54) is 4.90 Å². The lowest BCUT2D eigenvalue weighted by atomic mass is 10.1. The Morgan fingerprint density at radius 1 is 1.32 bits per heavy atom. The summed E-state index contributed by atoms with van der Waals surface area (Å²) in [5.74, 6) is -4.76. The van der Waals surface area contributed by atoms with Crippen LogP contribution in [-0.4, -0.2) is 34.7 Å². The lowest BCUT2D eigenvalue weighted by Gasteiger charge is -2.26. The predicted molar refractivity (Wildman–Crippen MR) is 94.9 cm³/mol. The van der Waals surface area contributed by atoms with Gasteiger partial charge in [-0.15, -0.1) is 0 Å². The molecule has 1 aliphatic heterocycles. The molecule has 1 atom stereocenters. The van der Waals surface area contributed by atoms with Crippen molar-refractivity contribution in [1.29, 1.82) is 0 Å². The van der Waals surface area contributed by atoms with Crippen molar-refractivity contribution < 1.29 is 17.6 Å². The zero-order chi connectivity index (χ0) is 18.5. The highest BCUT2D eigenvalue weighted by molar-refractivity contribution is 9.10. The molecule has 1 aliphatic rings. The molecule has 1 aromatic heterocycles. The fraction of sp³-hybridized carbons (Fsp3) is 0.467. The summed E-state index contributed by atoms with van der Waals surface area (Å²) >= 11 is 9.87. The van der Waals surface area contributed by atoms with E-state index < -0.39 is 35.2 Å². The number of hydrogen-bond acceptors (Lipinski definition) is 4. The van der Waals surface area contributed by atoms with E-state index in [9.17, 15) is 17.6 Å². The van der Waals surface area contributed by atoms with Crippen molar-refractivity contribution in [2.75, 3.05) is 17.7 Å². The molecule has 0 aliphatic carbocycles. The molecule has 0 spiro atoms. The van der Waals surface area contributed by atoms with Crippen molar-refractivity contribution in [1.82, 2.24) is 9.97 Å². The molecule has 0 bridgehead atoms. The average Bonchev–Trinajstić information content (AvgIpc) is 2.91. The Morgan fingerprint density at radius 3 is 2.60 bits per heavy atom. The van der Waals surface area contributed by atoms with Gasteiger partial charge in [0, 0.05) is 12.5 Å². The Labute approximate surface area is 159 Å². The van der Waals surface area contributed by atoms with Crippen molar-refractivity contribution in [3.8, 4) is 0 Å². The Hall–Kier alpha value is -0.800. The summed E-state index contributed by atoms with van der Waals surface area (Å²) < 4.78 is 57.0. The van der Waals surface area contributed by atoms with Crippen LogP contribution in [0.5, 0.6) is 0 Å². The van der Waals surface area contributed by atoms with Gasteiger partial charge in [-0.05, 0) is 28.6 Å². The van der Waals surface area contributed by atoms with Crippen molar-refractivity contribution in [2.24, 2.45) is 0 Å². The molecule has 136 valence electrons. The highest BCUT2D eigenvalue weighted by atomic mass is 79.9. The smallest absolute Gasteiger partial charge is 0.267 e. The highest BCUT2D eigenvalue weighted by Crippen LogP contribution is 2.43. The summed E-state index contributed by atoms with van der Waals surface area (Å²) in [6.07, 6.45) is 1.72. The van der Waals surface area contributed by atoms with Crippen molar-refractivity contribution in [2.45, 2.75) is 36.9 Å². The normalized spacial score (nSPS) is 19.8. The van der Waals surface area contributed by atoms with Crippen LogP contribution in [0, 0.1) is 11.6 Å². The summed E-state index contributed by atoms with van der Waals surface area (Å²) in [5, 5.41) is -0.578. The van der Waals surface area contributed by atoms with Gasteiger partial charge in [0.2, 0.25) is 0 Å². The molecule has 10 heteroatoms. The molecule has 1 fully saturated rings. The van der Waals surface area contributed by atoms with Gasteiger partial charge in [0.25, 0.3) is 5.92 Å². The topological polar surface area (TPSA) is 29.0 Å². The number of rotatable bonds is 3. The van der Waals surface area contributed by atoms with Crippen LogP contribution in [-0.2, 0) is 0 Å². The molecular weight excluding hydrogens is 446 g/mol. The molecule has 0 N–H and O–H groups in total. The summed E-state index contributed by atoms with van der Waals surface area (Å²) in [5.41, 5.74) is -0.284. The number of anilines is 1. The highest BCUT2D eigenvalue weighted by Gasteiger charge is 2.45. The fourth-order valence-electron chi connectivity index (χ4n) is 3.01. The first-order chi connectivity index (χ1) is 11.7. The first-order valence-electron chi connectivity index (χ1n) is 7.42. The Kier molecular flexibility index (Phi) is 5.11. The van der Waals surface area contributed by atoms with Crippen LogP contribution in [0.25, 0.3) is 10.9 Å².